The molecule has 0 aliphatic carbocycles. The number of hydrogen-bond acceptors (Lipinski definition) is 3. The maximum atomic E-state index is 2.49. The predicted octanol–water partition coefficient (Wildman–Crippen LogP) is 2.55. The van der Waals surface area contributed by atoms with E-state index in [9.17, 15) is 0 Å². The second-order valence-corrected chi connectivity index (χ2v) is 19.4. The van der Waals surface area contributed by atoms with Crippen LogP contribution in [0.15, 0.2) is 42.5 Å². The molecule has 0 heterocycles. The Morgan fingerprint density at radius 2 is 1.24 bits per heavy atom. The van der Waals surface area contributed by atoms with E-state index >= 15 is 0 Å². The Hall–Kier alpha value is -0.621. The van der Waals surface area contributed by atoms with Gasteiger partial charge in [-0.25, -0.2) is 0 Å². The van der Waals surface area contributed by atoms with Gasteiger partial charge in [0.2, 0.25) is 0 Å². The standard InChI is InChI=1S/C11H9.3C2H6N.Sn/c1-9-6-7-10-4-2-3-5-11(10)8-9;3*1-3-2;/h2-8H,1H2;3*1-2H3;/q;3*-1;+3. The maximum absolute atomic E-state index is 2.74. The molecule has 0 atom stereocenters. The third-order valence-corrected chi connectivity index (χ3v) is 19.2. The molecule has 0 saturated heterocycles. The molecule has 0 aromatic heterocycles. The molecule has 2 aromatic rings. The van der Waals surface area contributed by atoms with Crippen LogP contribution in [0.3, 0.4) is 0 Å². The minimum atomic E-state index is -2.74. The topological polar surface area (TPSA) is 9.72 Å². The van der Waals surface area contributed by atoms with Crippen LogP contribution in [0.5, 0.6) is 0 Å². The first-order valence-corrected chi connectivity index (χ1v) is 13.2. The SMILES string of the molecule is C[N](C)[Sn]([CH2]c1ccc2ccccc2c1)([N](C)C)[N](C)C. The molecule has 0 radical (unpaired) electrons. The van der Waals surface area contributed by atoms with E-state index in [2.05, 4.69) is 94.1 Å². The van der Waals surface area contributed by atoms with Gasteiger partial charge in [0.1, 0.15) is 0 Å². The summed E-state index contributed by atoms with van der Waals surface area (Å²) in [5.74, 6) is 0. The van der Waals surface area contributed by atoms with Crippen LogP contribution in [0.2, 0.25) is 0 Å². The Labute approximate surface area is 134 Å². The monoisotopic (exact) mass is 393 g/mol. The van der Waals surface area contributed by atoms with Crippen molar-refractivity contribution in [1.82, 2.24) is 9.36 Å². The molecule has 0 N–H and O–H groups in total. The summed E-state index contributed by atoms with van der Waals surface area (Å²) in [6.45, 7) is 0. The molecule has 114 valence electrons. The molecule has 0 fully saturated rings. The third-order valence-electron chi connectivity index (χ3n) is 4.40. The zero-order valence-electron chi connectivity index (χ0n) is 14.1. The zero-order valence-corrected chi connectivity index (χ0v) is 16.9. The molecule has 3 nitrogen and oxygen atoms in total. The van der Waals surface area contributed by atoms with E-state index in [0.29, 0.717) is 0 Å². The van der Waals surface area contributed by atoms with Crippen LogP contribution in [0, 0.1) is 0 Å². The molecule has 0 aliphatic rings. The Bertz CT molecular complexity index is 586. The number of rotatable bonds is 5. The van der Waals surface area contributed by atoms with Crippen LogP contribution >= 0.6 is 0 Å². The molecule has 0 amide bonds. The summed E-state index contributed by atoms with van der Waals surface area (Å²) in [6, 6.07) is 15.5. The fraction of sp³-hybridized carbons (Fsp3) is 0.412. The molecule has 2 aromatic carbocycles. The summed E-state index contributed by atoms with van der Waals surface area (Å²) in [7, 11) is 13.4. The van der Waals surface area contributed by atoms with E-state index in [0.717, 1.165) is 4.44 Å². The van der Waals surface area contributed by atoms with Crippen molar-refractivity contribution >= 4 is 30.0 Å². The van der Waals surface area contributed by atoms with Crippen molar-refractivity contribution in [2.75, 3.05) is 42.3 Å². The Kier molecular flexibility index (Phi) is 5.30. The average Bonchev–Trinajstić information content (AvgIpc) is 2.43. The third kappa shape index (κ3) is 3.26. The Balaban J connectivity index is 2.43. The zero-order chi connectivity index (χ0) is 15.6. The van der Waals surface area contributed by atoms with Crippen LogP contribution in [-0.2, 0) is 4.44 Å². The van der Waals surface area contributed by atoms with Crippen molar-refractivity contribution in [3.05, 3.63) is 48.0 Å². The summed E-state index contributed by atoms with van der Waals surface area (Å²) in [5, 5.41) is 2.66. The molecule has 4 heteroatoms. The van der Waals surface area contributed by atoms with E-state index in [1.54, 1.807) is 0 Å². The van der Waals surface area contributed by atoms with Gasteiger partial charge in [-0.1, -0.05) is 0 Å². The first-order chi connectivity index (χ1) is 9.87. The molecule has 0 saturated carbocycles. The van der Waals surface area contributed by atoms with E-state index in [1.807, 2.05) is 0 Å². The van der Waals surface area contributed by atoms with Crippen molar-refractivity contribution in [3.63, 3.8) is 0 Å². The molecular weight excluding hydrogens is 365 g/mol. The first-order valence-electron chi connectivity index (χ1n) is 7.38. The van der Waals surface area contributed by atoms with Crippen LogP contribution in [0.25, 0.3) is 10.8 Å². The number of nitrogens with zero attached hydrogens (tertiary/aromatic N) is 3. The fourth-order valence-electron chi connectivity index (χ4n) is 3.30. The summed E-state index contributed by atoms with van der Waals surface area (Å²) in [5.41, 5.74) is 1.45. The Morgan fingerprint density at radius 3 is 1.76 bits per heavy atom. The van der Waals surface area contributed by atoms with Crippen molar-refractivity contribution in [2.45, 2.75) is 4.44 Å². The summed E-state index contributed by atoms with van der Waals surface area (Å²) in [6.07, 6.45) is 0. The minimum absolute atomic E-state index is 1.16. The normalized spacial score (nSPS) is 12.8. The van der Waals surface area contributed by atoms with Crippen LogP contribution < -0.4 is 0 Å². The van der Waals surface area contributed by atoms with E-state index in [1.165, 1.54) is 16.3 Å². The van der Waals surface area contributed by atoms with Gasteiger partial charge in [-0.15, -0.1) is 0 Å². The van der Waals surface area contributed by atoms with E-state index < -0.39 is 19.2 Å². The van der Waals surface area contributed by atoms with Crippen molar-refractivity contribution < 1.29 is 0 Å². The van der Waals surface area contributed by atoms with Crippen molar-refractivity contribution in [3.8, 4) is 0 Å². The Morgan fingerprint density at radius 1 is 0.714 bits per heavy atom. The molecule has 21 heavy (non-hydrogen) atoms. The van der Waals surface area contributed by atoms with Crippen LogP contribution in [0.4, 0.5) is 0 Å². The molecule has 0 spiro atoms. The molecule has 0 aliphatic heterocycles. The quantitative estimate of drug-likeness (QED) is 0.725. The second kappa shape index (κ2) is 6.65. The number of benzene rings is 2. The van der Waals surface area contributed by atoms with Gasteiger partial charge in [-0.3, -0.25) is 0 Å². The fourth-order valence-corrected chi connectivity index (χ4v) is 15.0. The van der Waals surface area contributed by atoms with E-state index in [-0.39, 0.29) is 0 Å². The van der Waals surface area contributed by atoms with Gasteiger partial charge in [0.25, 0.3) is 0 Å². The average molecular weight is 392 g/mol. The van der Waals surface area contributed by atoms with Gasteiger partial charge in [0.15, 0.2) is 0 Å². The van der Waals surface area contributed by atoms with Crippen molar-refractivity contribution in [2.24, 2.45) is 0 Å². The van der Waals surface area contributed by atoms with Gasteiger partial charge in [-0.05, 0) is 0 Å². The molecular formula is C17H27N3Sn. The molecule has 0 bridgehead atoms. The van der Waals surface area contributed by atoms with Crippen LogP contribution in [0.1, 0.15) is 5.56 Å². The summed E-state index contributed by atoms with van der Waals surface area (Å²) >= 11 is -2.74. The van der Waals surface area contributed by atoms with Gasteiger partial charge >= 0.3 is 134 Å². The number of hydrogen-bond donors (Lipinski definition) is 0. The number of fused-ring (bicyclic) bond motifs is 1. The predicted molar refractivity (Wildman–Crippen MR) is 94.5 cm³/mol. The molecule has 2 rings (SSSR count). The molecule has 0 unspecified atom stereocenters. The van der Waals surface area contributed by atoms with Gasteiger partial charge in [0, 0.05) is 0 Å². The summed E-state index contributed by atoms with van der Waals surface area (Å²) < 4.78 is 8.63. The summed E-state index contributed by atoms with van der Waals surface area (Å²) in [4.78, 5) is 0. The van der Waals surface area contributed by atoms with E-state index in [4.69, 9.17) is 0 Å². The van der Waals surface area contributed by atoms with Gasteiger partial charge in [-0.2, -0.15) is 0 Å². The second-order valence-electron chi connectivity index (χ2n) is 6.32. The van der Waals surface area contributed by atoms with Crippen LogP contribution in [-0.4, -0.2) is 70.8 Å². The van der Waals surface area contributed by atoms with Gasteiger partial charge in [0.05, 0.1) is 0 Å². The first kappa shape index (κ1) is 16.7. The van der Waals surface area contributed by atoms with Crippen molar-refractivity contribution in [1.29, 1.82) is 0 Å². The van der Waals surface area contributed by atoms with Gasteiger partial charge < -0.3 is 0 Å².